The van der Waals surface area contributed by atoms with E-state index >= 15 is 0 Å². The van der Waals surface area contributed by atoms with Gasteiger partial charge in [-0.3, -0.25) is 4.79 Å². The first kappa shape index (κ1) is 17.0. The second kappa shape index (κ2) is 7.29. The van der Waals surface area contributed by atoms with E-state index in [9.17, 15) is 4.79 Å². The molecule has 2 aromatic rings. The van der Waals surface area contributed by atoms with Crippen LogP contribution in [-0.4, -0.2) is 18.6 Å². The van der Waals surface area contributed by atoms with E-state index < -0.39 is 5.54 Å². The van der Waals surface area contributed by atoms with Crippen molar-refractivity contribution in [2.24, 2.45) is 5.73 Å². The summed E-state index contributed by atoms with van der Waals surface area (Å²) in [4.78, 5) is 12.4. The van der Waals surface area contributed by atoms with Gasteiger partial charge in [0.1, 0.15) is 17.4 Å². The largest absolute Gasteiger partial charge is 0.489 e. The Hall–Kier alpha value is -2.33. The van der Waals surface area contributed by atoms with E-state index in [4.69, 9.17) is 10.5 Å². The molecule has 0 saturated carbocycles. The summed E-state index contributed by atoms with van der Waals surface area (Å²) in [5.41, 5.74) is 7.08. The molecule has 0 bridgehead atoms. The zero-order valence-corrected chi connectivity index (χ0v) is 13.9. The molecule has 2 atom stereocenters. The summed E-state index contributed by atoms with van der Waals surface area (Å²) < 4.78 is 5.78. The molecule has 0 saturated heterocycles. The number of hydrogen-bond donors (Lipinski definition) is 2. The van der Waals surface area contributed by atoms with Crippen LogP contribution >= 0.6 is 0 Å². The lowest BCUT2D eigenvalue weighted by molar-refractivity contribution is -0.126. The monoisotopic (exact) mass is 312 g/mol. The van der Waals surface area contributed by atoms with Crippen molar-refractivity contribution in [2.75, 3.05) is 6.54 Å². The van der Waals surface area contributed by atoms with Crippen molar-refractivity contribution in [1.29, 1.82) is 0 Å². The molecule has 4 heteroatoms. The summed E-state index contributed by atoms with van der Waals surface area (Å²) >= 11 is 0. The van der Waals surface area contributed by atoms with Crippen LogP contribution in [0, 0.1) is 6.92 Å². The quantitative estimate of drug-likeness (QED) is 0.862. The molecule has 0 aliphatic heterocycles. The topological polar surface area (TPSA) is 64.3 Å². The molecule has 23 heavy (non-hydrogen) atoms. The third-order valence-electron chi connectivity index (χ3n) is 3.75. The smallest absolute Gasteiger partial charge is 0.244 e. The number of nitrogens with two attached hydrogens (primary N) is 1. The fraction of sp³-hybridized carbons (Fsp3) is 0.316. The summed E-state index contributed by atoms with van der Waals surface area (Å²) in [5.74, 6) is 0.568. The first-order valence-electron chi connectivity index (χ1n) is 7.75. The van der Waals surface area contributed by atoms with Crippen LogP contribution in [0.4, 0.5) is 0 Å². The predicted octanol–water partition coefficient (Wildman–Crippen LogP) is 2.75. The summed E-state index contributed by atoms with van der Waals surface area (Å²) in [6.45, 7) is 6.05. The molecule has 1 amide bonds. The maximum absolute atomic E-state index is 12.4. The summed E-state index contributed by atoms with van der Waals surface area (Å²) in [6.07, 6.45) is -0.145. The minimum atomic E-state index is -1.06. The Morgan fingerprint density at radius 1 is 1.17 bits per heavy atom. The van der Waals surface area contributed by atoms with Crippen LogP contribution in [0.25, 0.3) is 0 Å². The van der Waals surface area contributed by atoms with Crippen LogP contribution in [0.15, 0.2) is 54.6 Å². The maximum Gasteiger partial charge on any atom is 0.244 e. The van der Waals surface area contributed by atoms with Crippen molar-refractivity contribution in [2.45, 2.75) is 32.4 Å². The van der Waals surface area contributed by atoms with E-state index in [2.05, 4.69) is 5.32 Å². The van der Waals surface area contributed by atoms with Gasteiger partial charge in [-0.15, -0.1) is 0 Å². The number of benzene rings is 2. The van der Waals surface area contributed by atoms with Gasteiger partial charge in [0.15, 0.2) is 0 Å². The number of carbonyl (C=O) groups is 1. The minimum absolute atomic E-state index is 0.145. The number of rotatable bonds is 6. The van der Waals surface area contributed by atoms with Crippen molar-refractivity contribution in [1.82, 2.24) is 5.32 Å². The van der Waals surface area contributed by atoms with Gasteiger partial charge in [-0.25, -0.2) is 0 Å². The van der Waals surface area contributed by atoms with Gasteiger partial charge >= 0.3 is 0 Å². The maximum atomic E-state index is 12.4. The third-order valence-corrected chi connectivity index (χ3v) is 3.75. The van der Waals surface area contributed by atoms with Crippen LogP contribution < -0.4 is 15.8 Å². The SMILES string of the molecule is Cc1ccc(OC(C)CNC(=O)C(C)(N)c2ccccc2)cc1. The molecule has 3 N–H and O–H groups in total. The number of amides is 1. The number of nitrogens with one attached hydrogen (secondary N) is 1. The molecule has 122 valence electrons. The second-order valence-corrected chi connectivity index (χ2v) is 6.02. The van der Waals surface area contributed by atoms with E-state index in [1.807, 2.05) is 68.4 Å². The molecule has 4 nitrogen and oxygen atoms in total. The van der Waals surface area contributed by atoms with Gasteiger partial charge in [0.25, 0.3) is 0 Å². The summed E-state index contributed by atoms with van der Waals surface area (Å²) in [5, 5.41) is 2.86. The second-order valence-electron chi connectivity index (χ2n) is 6.02. The highest BCUT2D eigenvalue weighted by molar-refractivity contribution is 5.86. The van der Waals surface area contributed by atoms with Crippen molar-refractivity contribution in [3.63, 3.8) is 0 Å². The highest BCUT2D eigenvalue weighted by atomic mass is 16.5. The van der Waals surface area contributed by atoms with Gasteiger partial charge in [0.05, 0.1) is 6.54 Å². The van der Waals surface area contributed by atoms with Crippen LogP contribution in [0.2, 0.25) is 0 Å². The van der Waals surface area contributed by atoms with Crippen molar-refractivity contribution < 1.29 is 9.53 Å². The minimum Gasteiger partial charge on any atom is -0.489 e. The fourth-order valence-electron chi connectivity index (χ4n) is 2.23. The van der Waals surface area contributed by atoms with E-state index in [0.717, 1.165) is 11.3 Å². The van der Waals surface area contributed by atoms with Gasteiger partial charge in [-0.1, -0.05) is 48.0 Å². The number of aryl methyl sites for hydroxylation is 1. The summed E-state index contributed by atoms with van der Waals surface area (Å²) in [6, 6.07) is 17.2. The molecule has 0 aromatic heterocycles. The molecule has 0 aliphatic rings. The molecule has 0 fully saturated rings. The zero-order valence-electron chi connectivity index (χ0n) is 13.9. The van der Waals surface area contributed by atoms with Gasteiger partial charge in [-0.05, 0) is 38.5 Å². The summed E-state index contributed by atoms with van der Waals surface area (Å²) in [7, 11) is 0. The first-order valence-corrected chi connectivity index (χ1v) is 7.75. The fourth-order valence-corrected chi connectivity index (χ4v) is 2.23. The van der Waals surface area contributed by atoms with Gasteiger partial charge < -0.3 is 15.8 Å². The Morgan fingerprint density at radius 3 is 2.39 bits per heavy atom. The van der Waals surface area contributed by atoms with Gasteiger partial charge in [0, 0.05) is 0 Å². The van der Waals surface area contributed by atoms with Crippen LogP contribution in [-0.2, 0) is 10.3 Å². The molecule has 2 rings (SSSR count). The molecular weight excluding hydrogens is 288 g/mol. The standard InChI is InChI=1S/C19H24N2O2/c1-14-9-11-17(12-10-14)23-15(2)13-21-18(22)19(3,20)16-7-5-4-6-8-16/h4-12,15H,13,20H2,1-3H3,(H,21,22). The molecular formula is C19H24N2O2. The average Bonchev–Trinajstić information content (AvgIpc) is 2.55. The molecule has 0 heterocycles. The predicted molar refractivity (Wildman–Crippen MR) is 92.3 cm³/mol. The van der Waals surface area contributed by atoms with E-state index in [0.29, 0.717) is 6.54 Å². The van der Waals surface area contributed by atoms with E-state index in [-0.39, 0.29) is 12.0 Å². The lowest BCUT2D eigenvalue weighted by Gasteiger charge is -2.25. The molecule has 2 aromatic carbocycles. The third kappa shape index (κ3) is 4.57. The van der Waals surface area contributed by atoms with Crippen LogP contribution in [0.5, 0.6) is 5.75 Å². The normalized spacial score (nSPS) is 14.6. The Morgan fingerprint density at radius 2 is 1.78 bits per heavy atom. The Kier molecular flexibility index (Phi) is 5.40. The number of hydrogen-bond acceptors (Lipinski definition) is 3. The Balaban J connectivity index is 1.89. The van der Waals surface area contributed by atoms with E-state index in [1.54, 1.807) is 6.92 Å². The Labute approximate surface area is 137 Å². The van der Waals surface area contributed by atoms with Crippen LogP contribution in [0.1, 0.15) is 25.0 Å². The molecule has 0 radical (unpaired) electrons. The molecule has 0 aliphatic carbocycles. The molecule has 2 unspecified atom stereocenters. The van der Waals surface area contributed by atoms with Crippen molar-refractivity contribution >= 4 is 5.91 Å². The lowest BCUT2D eigenvalue weighted by Crippen LogP contribution is -2.50. The van der Waals surface area contributed by atoms with Crippen molar-refractivity contribution in [3.05, 3.63) is 65.7 Å². The highest BCUT2D eigenvalue weighted by Gasteiger charge is 2.30. The molecule has 0 spiro atoms. The first-order chi connectivity index (χ1) is 10.9. The number of ether oxygens (including phenoxy) is 1. The highest BCUT2D eigenvalue weighted by Crippen LogP contribution is 2.17. The van der Waals surface area contributed by atoms with Gasteiger partial charge in [-0.2, -0.15) is 0 Å². The average molecular weight is 312 g/mol. The van der Waals surface area contributed by atoms with E-state index in [1.165, 1.54) is 5.56 Å². The zero-order chi connectivity index (χ0) is 16.9. The van der Waals surface area contributed by atoms with Crippen LogP contribution in [0.3, 0.4) is 0 Å². The Bertz CT molecular complexity index is 636. The lowest BCUT2D eigenvalue weighted by atomic mass is 9.92. The van der Waals surface area contributed by atoms with Gasteiger partial charge in [0.2, 0.25) is 5.91 Å². The number of carbonyl (C=O) groups excluding carboxylic acids is 1. The van der Waals surface area contributed by atoms with Crippen molar-refractivity contribution in [3.8, 4) is 5.75 Å².